The van der Waals surface area contributed by atoms with Gasteiger partial charge in [0.05, 0.1) is 13.4 Å². The summed E-state index contributed by atoms with van der Waals surface area (Å²) in [5, 5.41) is 15.5. The van der Waals surface area contributed by atoms with Gasteiger partial charge in [-0.1, -0.05) is 12.1 Å². The summed E-state index contributed by atoms with van der Waals surface area (Å²) in [5.74, 6) is 7.11. The van der Waals surface area contributed by atoms with Gasteiger partial charge in [-0.25, -0.2) is 5.10 Å². The van der Waals surface area contributed by atoms with Gasteiger partial charge >= 0.3 is 0 Å². The average Bonchev–Trinajstić information content (AvgIpc) is 3.30. The lowest BCUT2D eigenvalue weighted by molar-refractivity contribution is 0.174. The SMILES string of the molecule is C/C=C/OC.C=NN.CNc1n[nH]c(NCc2ccc3c(c2)OCO3)n1. The fourth-order valence-electron chi connectivity index (χ4n) is 1.83. The number of nitrogens with zero attached hydrogens (tertiary/aromatic N) is 3. The molecule has 26 heavy (non-hydrogen) atoms. The molecule has 1 aromatic heterocycles. The van der Waals surface area contributed by atoms with Gasteiger partial charge in [-0.05, 0) is 24.6 Å². The molecule has 2 heterocycles. The van der Waals surface area contributed by atoms with Crippen LogP contribution in [0.1, 0.15) is 12.5 Å². The van der Waals surface area contributed by atoms with Crippen LogP contribution in [0, 0.1) is 0 Å². The number of methoxy groups -OCH3 is 1. The third kappa shape index (κ3) is 6.99. The number of benzene rings is 1. The van der Waals surface area contributed by atoms with Crippen LogP contribution in [-0.2, 0) is 11.3 Å². The van der Waals surface area contributed by atoms with E-state index in [1.807, 2.05) is 31.2 Å². The van der Waals surface area contributed by atoms with Gasteiger partial charge < -0.3 is 30.7 Å². The maximum atomic E-state index is 5.32. The molecule has 142 valence electrons. The zero-order valence-corrected chi connectivity index (χ0v) is 15.2. The third-order valence-electron chi connectivity index (χ3n) is 2.88. The maximum Gasteiger partial charge on any atom is 0.243 e. The van der Waals surface area contributed by atoms with E-state index in [9.17, 15) is 0 Å². The van der Waals surface area contributed by atoms with Crippen molar-refractivity contribution >= 4 is 18.6 Å². The zero-order valence-electron chi connectivity index (χ0n) is 15.2. The van der Waals surface area contributed by atoms with Gasteiger partial charge in [0.1, 0.15) is 0 Å². The van der Waals surface area contributed by atoms with Crippen LogP contribution < -0.4 is 25.9 Å². The van der Waals surface area contributed by atoms with Crippen molar-refractivity contribution in [2.24, 2.45) is 10.9 Å². The topological polar surface area (TPSA) is 132 Å². The Balaban J connectivity index is 0.000000361. The van der Waals surface area contributed by atoms with Crippen LogP contribution in [0.4, 0.5) is 11.9 Å². The first kappa shape index (κ1) is 20.6. The molecule has 0 saturated carbocycles. The average molecular weight is 363 g/mol. The lowest BCUT2D eigenvalue weighted by atomic mass is 10.2. The van der Waals surface area contributed by atoms with Crippen LogP contribution in [0.2, 0.25) is 0 Å². The van der Waals surface area contributed by atoms with Gasteiger partial charge in [0, 0.05) is 20.3 Å². The summed E-state index contributed by atoms with van der Waals surface area (Å²) in [5.41, 5.74) is 1.08. The first-order valence-electron chi connectivity index (χ1n) is 7.70. The Kier molecular flexibility index (Phi) is 9.52. The molecule has 0 amide bonds. The lowest BCUT2D eigenvalue weighted by Gasteiger charge is -2.03. The van der Waals surface area contributed by atoms with E-state index in [2.05, 4.69) is 48.2 Å². The van der Waals surface area contributed by atoms with Gasteiger partial charge in [0.2, 0.25) is 18.7 Å². The van der Waals surface area contributed by atoms with Crippen LogP contribution in [0.5, 0.6) is 11.5 Å². The van der Waals surface area contributed by atoms with Crippen LogP contribution >= 0.6 is 0 Å². The van der Waals surface area contributed by atoms with Crippen molar-refractivity contribution in [2.75, 3.05) is 31.6 Å². The molecule has 1 aromatic carbocycles. The Labute approximate surface area is 152 Å². The fraction of sp³-hybridized carbons (Fsp3) is 0.312. The van der Waals surface area contributed by atoms with E-state index in [1.54, 1.807) is 20.4 Å². The van der Waals surface area contributed by atoms with Crippen molar-refractivity contribution in [3.05, 3.63) is 36.1 Å². The second kappa shape index (κ2) is 12.0. The zero-order chi connectivity index (χ0) is 19.2. The Morgan fingerprint density at radius 2 is 2.15 bits per heavy atom. The Hall–Kier alpha value is -3.43. The first-order valence-corrected chi connectivity index (χ1v) is 7.70. The minimum atomic E-state index is 0.292. The van der Waals surface area contributed by atoms with Gasteiger partial charge in [-0.2, -0.15) is 10.1 Å². The molecular weight excluding hydrogens is 338 g/mol. The number of fused-ring (bicyclic) bond motifs is 1. The van der Waals surface area contributed by atoms with Crippen molar-refractivity contribution in [3.8, 4) is 11.5 Å². The van der Waals surface area contributed by atoms with E-state index >= 15 is 0 Å². The second-order valence-electron chi connectivity index (χ2n) is 4.69. The smallest absolute Gasteiger partial charge is 0.243 e. The number of anilines is 2. The number of hydrogen-bond donors (Lipinski definition) is 4. The molecule has 0 bridgehead atoms. The summed E-state index contributed by atoms with van der Waals surface area (Å²) in [6.45, 7) is 5.72. The monoisotopic (exact) mass is 363 g/mol. The highest BCUT2D eigenvalue weighted by molar-refractivity contribution is 5.45. The molecule has 1 aliphatic rings. The minimum Gasteiger partial charge on any atom is -0.505 e. The van der Waals surface area contributed by atoms with Gasteiger partial charge in [-0.15, -0.1) is 5.10 Å². The molecule has 1 aliphatic heterocycles. The molecular formula is C16H25N7O3. The molecule has 0 radical (unpaired) electrons. The quantitative estimate of drug-likeness (QED) is 0.274. The van der Waals surface area contributed by atoms with Crippen LogP contribution in [0.3, 0.4) is 0 Å². The Morgan fingerprint density at radius 3 is 2.73 bits per heavy atom. The molecule has 0 fully saturated rings. The molecule has 0 unspecified atom stereocenters. The highest BCUT2D eigenvalue weighted by atomic mass is 16.7. The summed E-state index contributed by atoms with van der Waals surface area (Å²) in [6.07, 6.45) is 3.46. The standard InChI is InChI=1S/C11H13N5O2.C4H8O.CH4N2/c1-12-10-14-11(16-15-10)13-5-7-2-3-8-9(4-7)18-6-17-8;1-3-4-5-2;1-3-2/h2-4H,5-6H2,1H3,(H3,12,13,14,15,16);3-4H,1-2H3;1-2H2/b;4-3+;. The van der Waals surface area contributed by atoms with Gasteiger partial charge in [-0.3, -0.25) is 0 Å². The van der Waals surface area contributed by atoms with Crippen LogP contribution in [-0.4, -0.2) is 42.8 Å². The number of nitrogens with one attached hydrogen (secondary N) is 3. The summed E-state index contributed by atoms with van der Waals surface area (Å²) >= 11 is 0. The number of hydrogen-bond acceptors (Lipinski definition) is 9. The minimum absolute atomic E-state index is 0.292. The predicted molar refractivity (Wildman–Crippen MR) is 101 cm³/mol. The number of ether oxygens (including phenoxy) is 3. The molecule has 0 saturated heterocycles. The van der Waals surface area contributed by atoms with Crippen molar-refractivity contribution in [1.29, 1.82) is 0 Å². The molecule has 5 N–H and O–H groups in total. The van der Waals surface area contributed by atoms with E-state index in [0.717, 1.165) is 17.1 Å². The van der Waals surface area contributed by atoms with E-state index < -0.39 is 0 Å². The Bertz CT molecular complexity index is 688. The Morgan fingerprint density at radius 1 is 1.42 bits per heavy atom. The number of aromatic nitrogens is 3. The molecule has 10 nitrogen and oxygen atoms in total. The number of allylic oxidation sites excluding steroid dienone is 1. The molecule has 0 spiro atoms. The van der Waals surface area contributed by atoms with Gasteiger partial charge in [0.25, 0.3) is 0 Å². The van der Waals surface area contributed by atoms with Crippen molar-refractivity contribution < 1.29 is 14.2 Å². The molecule has 3 rings (SSSR count). The van der Waals surface area contributed by atoms with Crippen molar-refractivity contribution in [3.63, 3.8) is 0 Å². The number of aromatic amines is 1. The van der Waals surface area contributed by atoms with Crippen molar-refractivity contribution in [2.45, 2.75) is 13.5 Å². The normalized spacial score (nSPS) is 10.9. The predicted octanol–water partition coefficient (Wildman–Crippen LogP) is 1.91. The maximum absolute atomic E-state index is 5.32. The van der Waals surface area contributed by atoms with Crippen molar-refractivity contribution in [1.82, 2.24) is 15.2 Å². The molecule has 10 heteroatoms. The fourth-order valence-corrected chi connectivity index (χ4v) is 1.83. The highest BCUT2D eigenvalue weighted by Gasteiger charge is 2.13. The molecule has 2 aromatic rings. The summed E-state index contributed by atoms with van der Waals surface area (Å²) in [7, 11) is 3.39. The molecule has 0 atom stereocenters. The number of H-pyrrole nitrogens is 1. The highest BCUT2D eigenvalue weighted by Crippen LogP contribution is 2.32. The second-order valence-corrected chi connectivity index (χ2v) is 4.69. The summed E-state index contributed by atoms with van der Waals surface area (Å²) in [4.78, 5) is 4.17. The van der Waals surface area contributed by atoms with Crippen LogP contribution in [0.25, 0.3) is 0 Å². The number of hydrazone groups is 1. The number of nitrogens with two attached hydrogens (primary N) is 1. The molecule has 0 aliphatic carbocycles. The largest absolute Gasteiger partial charge is 0.505 e. The lowest BCUT2D eigenvalue weighted by Crippen LogP contribution is -2.01. The van der Waals surface area contributed by atoms with E-state index in [1.165, 1.54) is 0 Å². The van der Waals surface area contributed by atoms with Crippen LogP contribution in [0.15, 0.2) is 35.6 Å². The van der Waals surface area contributed by atoms with E-state index in [0.29, 0.717) is 25.2 Å². The summed E-state index contributed by atoms with van der Waals surface area (Å²) in [6, 6.07) is 5.83. The first-order chi connectivity index (χ1) is 12.7. The number of rotatable bonds is 5. The van der Waals surface area contributed by atoms with Gasteiger partial charge in [0.15, 0.2) is 11.5 Å². The van der Waals surface area contributed by atoms with E-state index in [-0.39, 0.29) is 0 Å². The third-order valence-corrected chi connectivity index (χ3v) is 2.88. The van der Waals surface area contributed by atoms with E-state index in [4.69, 9.17) is 9.47 Å². The summed E-state index contributed by atoms with van der Waals surface area (Å²) < 4.78 is 15.1.